The highest BCUT2D eigenvalue weighted by Gasteiger charge is 2.31. The summed E-state index contributed by atoms with van der Waals surface area (Å²) in [7, 11) is 0. The Labute approximate surface area is 180 Å². The average molecular weight is 422 g/mol. The molecule has 3 aromatic rings. The SMILES string of the molecule is Cc1cc2ccccc2n1-c1ccc(C(=O)N2CCC(C(=O)N3CCCC3)CC2)s1. The van der Waals surface area contributed by atoms with E-state index in [-0.39, 0.29) is 11.8 Å². The molecule has 2 aromatic heterocycles. The number of hydrogen-bond donors (Lipinski definition) is 0. The quantitative estimate of drug-likeness (QED) is 0.626. The van der Waals surface area contributed by atoms with Gasteiger partial charge in [0.1, 0.15) is 5.00 Å². The Morgan fingerprint density at radius 1 is 0.933 bits per heavy atom. The van der Waals surface area contributed by atoms with Crippen LogP contribution in [0.1, 0.15) is 41.0 Å². The number of aromatic nitrogens is 1. The number of carbonyl (C=O) groups excluding carboxylic acids is 2. The molecule has 2 amide bonds. The second-order valence-corrected chi connectivity index (χ2v) is 9.48. The van der Waals surface area contributed by atoms with Crippen LogP contribution in [-0.4, -0.2) is 52.4 Å². The summed E-state index contributed by atoms with van der Waals surface area (Å²) < 4.78 is 2.22. The molecule has 4 heterocycles. The van der Waals surface area contributed by atoms with Gasteiger partial charge in [0.15, 0.2) is 0 Å². The highest BCUT2D eigenvalue weighted by atomic mass is 32.1. The number of para-hydroxylation sites is 1. The van der Waals surface area contributed by atoms with Gasteiger partial charge in [-0.3, -0.25) is 9.59 Å². The summed E-state index contributed by atoms with van der Waals surface area (Å²) in [5.41, 5.74) is 2.33. The predicted octanol–water partition coefficient (Wildman–Crippen LogP) is 4.48. The fraction of sp³-hybridized carbons (Fsp3) is 0.417. The third-order valence-electron chi connectivity index (χ3n) is 6.47. The normalized spacial score (nSPS) is 17.8. The number of carbonyl (C=O) groups is 2. The molecule has 0 unspecified atom stereocenters. The first-order valence-corrected chi connectivity index (χ1v) is 11.7. The number of fused-ring (bicyclic) bond motifs is 1. The molecule has 5 nitrogen and oxygen atoms in total. The van der Waals surface area contributed by atoms with E-state index in [2.05, 4.69) is 29.7 Å². The van der Waals surface area contributed by atoms with Gasteiger partial charge in [-0.15, -0.1) is 11.3 Å². The van der Waals surface area contributed by atoms with Crippen LogP contribution in [0, 0.1) is 12.8 Å². The zero-order valence-corrected chi connectivity index (χ0v) is 18.2. The minimum Gasteiger partial charge on any atom is -0.342 e. The van der Waals surface area contributed by atoms with Crippen LogP contribution in [-0.2, 0) is 4.79 Å². The predicted molar refractivity (Wildman–Crippen MR) is 120 cm³/mol. The lowest BCUT2D eigenvalue weighted by Crippen LogP contribution is -2.43. The molecule has 0 spiro atoms. The van der Waals surface area contributed by atoms with Gasteiger partial charge in [0, 0.05) is 43.2 Å². The monoisotopic (exact) mass is 421 g/mol. The maximum atomic E-state index is 13.1. The second kappa shape index (κ2) is 7.91. The van der Waals surface area contributed by atoms with Crippen molar-refractivity contribution in [1.82, 2.24) is 14.4 Å². The van der Waals surface area contributed by atoms with Gasteiger partial charge in [-0.2, -0.15) is 0 Å². The molecule has 2 aliphatic rings. The Bertz CT molecular complexity index is 1090. The lowest BCUT2D eigenvalue weighted by molar-refractivity contribution is -0.135. The third-order valence-corrected chi connectivity index (χ3v) is 7.53. The Morgan fingerprint density at radius 3 is 2.43 bits per heavy atom. The lowest BCUT2D eigenvalue weighted by atomic mass is 9.95. The first kappa shape index (κ1) is 19.4. The van der Waals surface area contributed by atoms with Gasteiger partial charge in [-0.25, -0.2) is 0 Å². The van der Waals surface area contributed by atoms with Crippen molar-refractivity contribution in [3.8, 4) is 5.00 Å². The smallest absolute Gasteiger partial charge is 0.263 e. The molecular weight excluding hydrogens is 394 g/mol. The molecule has 0 N–H and O–H groups in total. The molecule has 0 saturated carbocycles. The zero-order valence-electron chi connectivity index (χ0n) is 17.3. The number of thiophene rings is 1. The Morgan fingerprint density at radius 2 is 1.67 bits per heavy atom. The fourth-order valence-electron chi connectivity index (χ4n) is 4.83. The van der Waals surface area contributed by atoms with Crippen molar-refractivity contribution >= 4 is 34.1 Å². The van der Waals surface area contributed by atoms with E-state index in [9.17, 15) is 9.59 Å². The summed E-state index contributed by atoms with van der Waals surface area (Å²) >= 11 is 1.55. The van der Waals surface area contributed by atoms with E-state index in [4.69, 9.17) is 0 Å². The fourth-order valence-corrected chi connectivity index (χ4v) is 5.88. The Kier molecular flexibility index (Phi) is 5.11. The minimum atomic E-state index is 0.0833. The number of amides is 2. The van der Waals surface area contributed by atoms with Gasteiger partial charge in [0.2, 0.25) is 5.91 Å². The van der Waals surface area contributed by atoms with Crippen molar-refractivity contribution in [2.45, 2.75) is 32.6 Å². The third kappa shape index (κ3) is 3.43. The van der Waals surface area contributed by atoms with Crippen LogP contribution in [0.4, 0.5) is 0 Å². The Hall–Kier alpha value is -2.60. The van der Waals surface area contributed by atoms with Crippen molar-refractivity contribution in [2.75, 3.05) is 26.2 Å². The van der Waals surface area contributed by atoms with Crippen molar-refractivity contribution in [3.63, 3.8) is 0 Å². The topological polar surface area (TPSA) is 45.6 Å². The van der Waals surface area contributed by atoms with E-state index in [1.807, 2.05) is 34.1 Å². The molecule has 156 valence electrons. The molecule has 2 aliphatic heterocycles. The number of rotatable bonds is 3. The summed E-state index contributed by atoms with van der Waals surface area (Å²) in [5, 5.41) is 2.28. The van der Waals surface area contributed by atoms with Crippen molar-refractivity contribution in [3.05, 3.63) is 53.0 Å². The first-order valence-electron chi connectivity index (χ1n) is 10.9. The van der Waals surface area contributed by atoms with E-state index in [1.54, 1.807) is 11.3 Å². The molecule has 0 radical (unpaired) electrons. The largest absolute Gasteiger partial charge is 0.342 e. The number of piperidine rings is 1. The van der Waals surface area contributed by atoms with Crippen LogP contribution in [0.3, 0.4) is 0 Å². The van der Waals surface area contributed by atoms with Crippen LogP contribution < -0.4 is 0 Å². The van der Waals surface area contributed by atoms with Gasteiger partial charge in [0.05, 0.1) is 10.4 Å². The van der Waals surface area contributed by atoms with Crippen LogP contribution in [0.25, 0.3) is 15.9 Å². The van der Waals surface area contributed by atoms with Crippen LogP contribution in [0.5, 0.6) is 0 Å². The second-order valence-electron chi connectivity index (χ2n) is 8.42. The number of nitrogens with zero attached hydrogens (tertiary/aromatic N) is 3. The molecule has 0 atom stereocenters. The standard InChI is InChI=1S/C24H27N3O2S/c1-17-16-19-6-2-3-7-20(19)27(17)22-9-8-21(30-22)24(29)26-14-10-18(11-15-26)23(28)25-12-4-5-13-25/h2-3,6-9,16,18H,4-5,10-15H2,1H3. The highest BCUT2D eigenvalue weighted by molar-refractivity contribution is 7.16. The molecule has 0 aliphatic carbocycles. The van der Waals surface area contributed by atoms with Gasteiger partial charge in [0.25, 0.3) is 5.91 Å². The molecule has 1 aromatic carbocycles. The van der Waals surface area contributed by atoms with Gasteiger partial charge in [-0.05, 0) is 56.9 Å². The molecule has 30 heavy (non-hydrogen) atoms. The average Bonchev–Trinajstić information content (AvgIpc) is 3.52. The number of benzene rings is 1. The first-order chi connectivity index (χ1) is 14.6. The van der Waals surface area contributed by atoms with Gasteiger partial charge < -0.3 is 14.4 Å². The minimum absolute atomic E-state index is 0.0833. The maximum Gasteiger partial charge on any atom is 0.263 e. The number of hydrogen-bond acceptors (Lipinski definition) is 3. The summed E-state index contributed by atoms with van der Waals surface area (Å²) in [6.07, 6.45) is 3.81. The Balaban J connectivity index is 1.28. The molecule has 2 fully saturated rings. The van der Waals surface area contributed by atoms with E-state index in [0.717, 1.165) is 54.2 Å². The zero-order chi connectivity index (χ0) is 20.7. The molecular formula is C24H27N3O2S. The van der Waals surface area contributed by atoms with Gasteiger partial charge in [-0.1, -0.05) is 18.2 Å². The van der Waals surface area contributed by atoms with Crippen molar-refractivity contribution in [1.29, 1.82) is 0 Å². The summed E-state index contributed by atoms with van der Waals surface area (Å²) in [6, 6.07) is 14.5. The number of aryl methyl sites for hydroxylation is 1. The highest BCUT2D eigenvalue weighted by Crippen LogP contribution is 2.30. The van der Waals surface area contributed by atoms with Crippen LogP contribution in [0.15, 0.2) is 42.5 Å². The number of likely N-dealkylation sites (tertiary alicyclic amines) is 2. The lowest BCUT2D eigenvalue weighted by Gasteiger charge is -2.33. The van der Waals surface area contributed by atoms with Crippen molar-refractivity contribution in [2.24, 2.45) is 5.92 Å². The van der Waals surface area contributed by atoms with E-state index in [0.29, 0.717) is 19.0 Å². The van der Waals surface area contributed by atoms with Crippen LogP contribution >= 0.6 is 11.3 Å². The van der Waals surface area contributed by atoms with E-state index in [1.165, 1.54) is 11.1 Å². The van der Waals surface area contributed by atoms with E-state index < -0.39 is 0 Å². The molecule has 0 bridgehead atoms. The van der Waals surface area contributed by atoms with Crippen molar-refractivity contribution < 1.29 is 9.59 Å². The van der Waals surface area contributed by atoms with E-state index >= 15 is 0 Å². The molecule has 2 saturated heterocycles. The summed E-state index contributed by atoms with van der Waals surface area (Å²) in [6.45, 7) is 5.25. The van der Waals surface area contributed by atoms with Gasteiger partial charge >= 0.3 is 0 Å². The maximum absolute atomic E-state index is 13.1. The summed E-state index contributed by atoms with van der Waals surface area (Å²) in [5.74, 6) is 0.473. The van der Waals surface area contributed by atoms with Crippen LogP contribution in [0.2, 0.25) is 0 Å². The molecule has 5 rings (SSSR count). The molecule has 6 heteroatoms. The summed E-state index contributed by atoms with van der Waals surface area (Å²) in [4.78, 5) is 30.4.